The van der Waals surface area contributed by atoms with E-state index in [1.807, 2.05) is 13.0 Å². The number of hydrogen-bond donors (Lipinski definition) is 1. The molecule has 2 rings (SSSR count). The quantitative estimate of drug-likeness (QED) is 0.372. The number of amides is 2. The number of Topliss-reactive ketones (excluding diaryl/α,β-unsaturated/α-hetero) is 1. The molecule has 2 amide bonds. The van der Waals surface area contributed by atoms with Crippen LogP contribution in [-0.4, -0.2) is 58.2 Å². The molecule has 1 aliphatic heterocycles. The summed E-state index contributed by atoms with van der Waals surface area (Å²) in [6.07, 6.45) is -0.0244. The Hall–Kier alpha value is -1.78. The molecular weight excluding hydrogens is 396 g/mol. The standard InChI is InChI=1S/C16H18N2O5S3/c1-10-2-4-12(26-10)11(19)3-5-15(22)23-8-13(20)17-6-7-18-14(21)9-25-16(18)24/h2,4H,3,5-9H2,1H3,(H,17,20). The number of ketones is 1. The first kappa shape index (κ1) is 20.5. The summed E-state index contributed by atoms with van der Waals surface area (Å²) in [5, 5.41) is 2.56. The number of nitrogens with zero attached hydrogens (tertiary/aromatic N) is 1. The molecule has 0 spiro atoms. The van der Waals surface area contributed by atoms with Gasteiger partial charge in [0.25, 0.3) is 5.91 Å². The third-order valence-electron chi connectivity index (χ3n) is 3.43. The number of ether oxygens (including phenoxy) is 1. The molecule has 1 aromatic rings. The van der Waals surface area contributed by atoms with Gasteiger partial charge in [-0.1, -0.05) is 24.0 Å². The van der Waals surface area contributed by atoms with Crippen LogP contribution in [-0.2, 0) is 19.1 Å². The van der Waals surface area contributed by atoms with Crippen molar-refractivity contribution >= 4 is 63.2 Å². The summed E-state index contributed by atoms with van der Waals surface area (Å²) in [7, 11) is 0. The highest BCUT2D eigenvalue weighted by atomic mass is 32.2. The Labute approximate surface area is 164 Å². The first-order chi connectivity index (χ1) is 12.4. The number of carbonyl (C=O) groups excluding carboxylic acids is 4. The first-order valence-electron chi connectivity index (χ1n) is 7.86. The summed E-state index contributed by atoms with van der Waals surface area (Å²) in [6.45, 7) is 2.00. The van der Waals surface area contributed by atoms with E-state index < -0.39 is 18.5 Å². The van der Waals surface area contributed by atoms with Gasteiger partial charge in [-0.3, -0.25) is 24.1 Å². The van der Waals surface area contributed by atoms with Crippen molar-refractivity contribution in [2.75, 3.05) is 25.4 Å². The molecule has 7 nitrogen and oxygen atoms in total. The van der Waals surface area contributed by atoms with E-state index in [0.717, 1.165) is 4.88 Å². The molecule has 0 saturated carbocycles. The van der Waals surface area contributed by atoms with E-state index in [9.17, 15) is 19.2 Å². The van der Waals surface area contributed by atoms with E-state index in [0.29, 0.717) is 21.5 Å². The van der Waals surface area contributed by atoms with Gasteiger partial charge in [-0.2, -0.15) is 0 Å². The Morgan fingerprint density at radius 1 is 1.31 bits per heavy atom. The number of aryl methyl sites for hydroxylation is 1. The molecule has 140 valence electrons. The Bertz CT molecular complexity index is 715. The maximum atomic E-state index is 11.9. The van der Waals surface area contributed by atoms with Crippen molar-refractivity contribution in [1.82, 2.24) is 10.2 Å². The molecule has 0 radical (unpaired) electrons. The average molecular weight is 415 g/mol. The highest BCUT2D eigenvalue weighted by Crippen LogP contribution is 2.18. The first-order valence-corrected chi connectivity index (χ1v) is 10.1. The molecule has 2 heterocycles. The third kappa shape index (κ3) is 6.19. The largest absolute Gasteiger partial charge is 0.456 e. The molecular formula is C16H18N2O5S3. The lowest BCUT2D eigenvalue weighted by Crippen LogP contribution is -2.38. The fourth-order valence-corrected chi connectivity index (χ4v) is 4.05. The minimum atomic E-state index is -0.603. The number of rotatable bonds is 9. The van der Waals surface area contributed by atoms with Crippen molar-refractivity contribution < 1.29 is 23.9 Å². The number of thiocarbonyl (C=S) groups is 1. The number of thioether (sulfide) groups is 1. The second-order valence-electron chi connectivity index (χ2n) is 5.44. The molecule has 1 aromatic heterocycles. The highest BCUT2D eigenvalue weighted by Gasteiger charge is 2.25. The van der Waals surface area contributed by atoms with Gasteiger partial charge in [0.05, 0.1) is 17.1 Å². The lowest BCUT2D eigenvalue weighted by Gasteiger charge is -2.15. The van der Waals surface area contributed by atoms with Crippen molar-refractivity contribution in [2.45, 2.75) is 19.8 Å². The molecule has 0 unspecified atom stereocenters. The monoisotopic (exact) mass is 414 g/mol. The van der Waals surface area contributed by atoms with Gasteiger partial charge in [0.2, 0.25) is 5.91 Å². The van der Waals surface area contributed by atoms with E-state index in [4.69, 9.17) is 17.0 Å². The van der Waals surface area contributed by atoms with Gasteiger partial charge in [-0.25, -0.2) is 0 Å². The zero-order valence-corrected chi connectivity index (χ0v) is 16.6. The average Bonchev–Trinajstić information content (AvgIpc) is 3.18. The maximum Gasteiger partial charge on any atom is 0.306 e. The number of hydrogen-bond acceptors (Lipinski definition) is 8. The second-order valence-corrected chi connectivity index (χ2v) is 8.34. The summed E-state index contributed by atoms with van der Waals surface area (Å²) in [6, 6.07) is 3.58. The molecule has 0 bridgehead atoms. The summed E-state index contributed by atoms with van der Waals surface area (Å²) >= 11 is 7.70. The van der Waals surface area contributed by atoms with E-state index in [1.165, 1.54) is 28.0 Å². The maximum absolute atomic E-state index is 11.9. The van der Waals surface area contributed by atoms with Crippen LogP contribution in [0.15, 0.2) is 12.1 Å². The number of thiophene rings is 1. The normalized spacial score (nSPS) is 13.8. The lowest BCUT2D eigenvalue weighted by molar-refractivity contribution is -0.148. The molecule has 0 atom stereocenters. The van der Waals surface area contributed by atoms with Crippen LogP contribution in [0.2, 0.25) is 0 Å². The van der Waals surface area contributed by atoms with Crippen LogP contribution in [0, 0.1) is 6.92 Å². The van der Waals surface area contributed by atoms with Gasteiger partial charge in [-0.15, -0.1) is 11.3 Å². The van der Waals surface area contributed by atoms with Gasteiger partial charge >= 0.3 is 5.97 Å². The van der Waals surface area contributed by atoms with Crippen molar-refractivity contribution in [2.24, 2.45) is 0 Å². The van der Waals surface area contributed by atoms with Crippen LogP contribution in [0.3, 0.4) is 0 Å². The molecule has 1 N–H and O–H groups in total. The summed E-state index contributed by atoms with van der Waals surface area (Å²) < 4.78 is 5.35. The summed E-state index contributed by atoms with van der Waals surface area (Å²) in [5.41, 5.74) is 0. The van der Waals surface area contributed by atoms with Crippen LogP contribution >= 0.6 is 35.3 Å². The zero-order valence-electron chi connectivity index (χ0n) is 14.1. The molecule has 10 heteroatoms. The molecule has 1 aliphatic rings. The summed E-state index contributed by atoms with van der Waals surface area (Å²) in [4.78, 5) is 49.8. The van der Waals surface area contributed by atoms with Gasteiger partial charge < -0.3 is 10.1 Å². The van der Waals surface area contributed by atoms with Gasteiger partial charge in [0, 0.05) is 24.4 Å². The smallest absolute Gasteiger partial charge is 0.306 e. The van der Waals surface area contributed by atoms with Crippen LogP contribution in [0.5, 0.6) is 0 Å². The Morgan fingerprint density at radius 3 is 2.69 bits per heavy atom. The fraction of sp³-hybridized carbons (Fsp3) is 0.438. The molecule has 26 heavy (non-hydrogen) atoms. The van der Waals surface area contributed by atoms with Crippen molar-refractivity contribution in [3.63, 3.8) is 0 Å². The summed E-state index contributed by atoms with van der Waals surface area (Å²) in [5.74, 6) is -0.938. The Morgan fingerprint density at radius 2 is 2.08 bits per heavy atom. The third-order valence-corrected chi connectivity index (χ3v) is 5.91. The molecule has 0 aromatic carbocycles. The van der Waals surface area contributed by atoms with Crippen LogP contribution in [0.1, 0.15) is 27.4 Å². The van der Waals surface area contributed by atoms with E-state index in [1.54, 1.807) is 6.07 Å². The molecule has 1 fully saturated rings. The zero-order chi connectivity index (χ0) is 19.1. The molecule has 1 saturated heterocycles. The lowest BCUT2D eigenvalue weighted by atomic mass is 10.2. The predicted octanol–water partition coefficient (Wildman–Crippen LogP) is 1.54. The number of nitrogens with one attached hydrogen (secondary N) is 1. The second kappa shape index (κ2) is 9.79. The van der Waals surface area contributed by atoms with Gasteiger partial charge in [0.1, 0.15) is 4.32 Å². The minimum absolute atomic E-state index is 0.0482. The Balaban J connectivity index is 1.59. The van der Waals surface area contributed by atoms with E-state index >= 15 is 0 Å². The predicted molar refractivity (Wildman–Crippen MR) is 103 cm³/mol. The van der Waals surface area contributed by atoms with E-state index in [-0.39, 0.29) is 31.1 Å². The topological polar surface area (TPSA) is 92.8 Å². The van der Waals surface area contributed by atoms with Gasteiger partial charge in [-0.05, 0) is 19.1 Å². The van der Waals surface area contributed by atoms with Crippen LogP contribution in [0.4, 0.5) is 0 Å². The van der Waals surface area contributed by atoms with Crippen LogP contribution < -0.4 is 5.32 Å². The number of carbonyl (C=O) groups is 4. The van der Waals surface area contributed by atoms with Crippen LogP contribution in [0.25, 0.3) is 0 Å². The highest BCUT2D eigenvalue weighted by molar-refractivity contribution is 8.23. The van der Waals surface area contributed by atoms with Crippen molar-refractivity contribution in [1.29, 1.82) is 0 Å². The Kier molecular flexibility index (Phi) is 7.73. The van der Waals surface area contributed by atoms with Gasteiger partial charge in [0.15, 0.2) is 12.4 Å². The van der Waals surface area contributed by atoms with E-state index in [2.05, 4.69) is 5.32 Å². The molecule has 0 aliphatic carbocycles. The fourth-order valence-electron chi connectivity index (χ4n) is 2.10. The number of esters is 1. The minimum Gasteiger partial charge on any atom is -0.456 e. The van der Waals surface area contributed by atoms with Crippen molar-refractivity contribution in [3.8, 4) is 0 Å². The SMILES string of the molecule is Cc1ccc(C(=O)CCC(=O)OCC(=O)NCCN2C(=O)CSC2=S)s1. The van der Waals surface area contributed by atoms with Crippen molar-refractivity contribution in [3.05, 3.63) is 21.9 Å².